The first kappa shape index (κ1) is 25.7. The first-order valence-electron chi connectivity index (χ1n) is 9.05. The summed E-state index contributed by atoms with van der Waals surface area (Å²) in [6.07, 6.45) is -0.766. The fourth-order valence-corrected chi connectivity index (χ4v) is 4.95. The quantitative estimate of drug-likeness (QED) is 0.167. The molecule has 12 nitrogen and oxygen atoms in total. The van der Waals surface area contributed by atoms with Crippen LogP contribution in [-0.4, -0.2) is 71.6 Å². The molecule has 0 aliphatic carbocycles. The fraction of sp³-hybridized carbons (Fsp3) is 0.438. The molecule has 2 atom stereocenters. The molecule has 2 amide bonds. The lowest BCUT2D eigenvalue weighted by Crippen LogP contribution is -2.72. The number of amides is 2. The minimum atomic E-state index is -6.16. The number of aryl methyl sites for hydroxylation is 1. The number of thiazole rings is 1. The second-order valence-electron chi connectivity index (χ2n) is 6.80. The lowest BCUT2D eigenvalue weighted by Gasteiger charge is -2.49. The van der Waals surface area contributed by atoms with Crippen LogP contribution in [0.5, 0.6) is 0 Å². The van der Waals surface area contributed by atoms with Crippen molar-refractivity contribution in [3.63, 3.8) is 0 Å². The topological polar surface area (TPSA) is 165 Å². The Morgan fingerprint density at radius 2 is 2.03 bits per heavy atom. The van der Waals surface area contributed by atoms with Crippen LogP contribution in [0.25, 0.3) is 0 Å². The van der Waals surface area contributed by atoms with Gasteiger partial charge in [-0.15, -0.1) is 11.3 Å². The van der Waals surface area contributed by atoms with E-state index < -0.39 is 63.4 Å². The number of hydrogen-bond acceptors (Lipinski definition) is 10. The minimum Gasteiger partial charge on any atom is -0.476 e. The molecule has 1 fully saturated rings. The predicted octanol–water partition coefficient (Wildman–Crippen LogP) is 1.11. The Balaban J connectivity index is 1.85. The van der Waals surface area contributed by atoms with Crippen molar-refractivity contribution in [3.05, 3.63) is 26.5 Å². The zero-order valence-corrected chi connectivity index (χ0v) is 19.4. The largest absolute Gasteiger partial charge is 0.534 e. The second-order valence-corrected chi connectivity index (χ2v) is 10.1. The van der Waals surface area contributed by atoms with Crippen molar-refractivity contribution in [2.45, 2.75) is 37.4 Å². The third kappa shape index (κ3) is 4.54. The summed E-state index contributed by atoms with van der Waals surface area (Å²) in [5.74, 6) is -4.89. The molecule has 186 valence electrons. The summed E-state index contributed by atoms with van der Waals surface area (Å²) in [6, 6.07) is -2.29. The Labute approximate surface area is 198 Å². The van der Waals surface area contributed by atoms with Gasteiger partial charge in [0.15, 0.2) is 17.2 Å². The van der Waals surface area contributed by atoms with Gasteiger partial charge in [-0.25, -0.2) is 9.78 Å². The van der Waals surface area contributed by atoms with Crippen molar-refractivity contribution in [2.75, 3.05) is 7.11 Å². The molecule has 0 bridgehead atoms. The van der Waals surface area contributed by atoms with E-state index in [0.717, 1.165) is 18.4 Å². The number of aromatic nitrogens is 1. The zero-order chi connectivity index (χ0) is 25.6. The number of hydrogen-bond donors (Lipinski definition) is 2. The highest BCUT2D eigenvalue weighted by molar-refractivity contribution is 7.87. The molecule has 0 aromatic carbocycles. The fourth-order valence-electron chi connectivity index (χ4n) is 3.33. The van der Waals surface area contributed by atoms with E-state index >= 15 is 0 Å². The molecule has 3 heterocycles. The van der Waals surface area contributed by atoms with Gasteiger partial charge in [-0.2, -0.15) is 21.6 Å². The third-order valence-corrected chi connectivity index (χ3v) is 6.85. The minimum absolute atomic E-state index is 0.0186. The Morgan fingerprint density at radius 1 is 1.38 bits per heavy atom. The molecule has 2 N–H and O–H groups in total. The first-order chi connectivity index (χ1) is 15.7. The van der Waals surface area contributed by atoms with Gasteiger partial charge in [0.05, 0.1) is 11.0 Å². The van der Waals surface area contributed by atoms with Crippen LogP contribution < -0.4 is 5.32 Å². The number of nitrogens with one attached hydrogen (secondary N) is 1. The van der Waals surface area contributed by atoms with E-state index in [1.54, 1.807) is 6.92 Å². The van der Waals surface area contributed by atoms with Crippen LogP contribution in [0.4, 0.5) is 13.2 Å². The number of carbonyl (C=O) groups is 3. The summed E-state index contributed by atoms with van der Waals surface area (Å²) in [7, 11) is -5.01. The van der Waals surface area contributed by atoms with Crippen LogP contribution in [-0.2, 0) is 33.5 Å². The average Bonchev–Trinajstić information content (AvgIpc) is 3.05. The van der Waals surface area contributed by atoms with Crippen LogP contribution >= 0.6 is 22.9 Å². The standard InChI is InChI=1S/C16H14ClF3N4O8S2/c1-5-21-9(12(17)33-5)10(23-31-2)13(25)22-8-6-3-4-7(32-34(29,30)16(18,19)20)11(15(27)28)24(6)14(8)26/h6,8H,3-4H2,1-2H3,(H,22,25)(H,27,28). The monoisotopic (exact) mass is 546 g/mol. The Hall–Kier alpha value is -2.92. The molecule has 2 aliphatic rings. The van der Waals surface area contributed by atoms with Crippen LogP contribution in [0.3, 0.4) is 0 Å². The maximum Gasteiger partial charge on any atom is 0.534 e. The van der Waals surface area contributed by atoms with Crippen LogP contribution in [0.1, 0.15) is 23.5 Å². The first-order valence-corrected chi connectivity index (χ1v) is 11.7. The van der Waals surface area contributed by atoms with E-state index in [9.17, 15) is 41.1 Å². The van der Waals surface area contributed by atoms with Crippen LogP contribution in [0.15, 0.2) is 16.6 Å². The average molecular weight is 547 g/mol. The van der Waals surface area contributed by atoms with Gasteiger partial charge in [0.2, 0.25) is 0 Å². The molecule has 34 heavy (non-hydrogen) atoms. The van der Waals surface area contributed by atoms with Crippen molar-refractivity contribution in [2.24, 2.45) is 5.16 Å². The number of allylic oxidation sites excluding steroid dienone is 1. The lowest BCUT2D eigenvalue weighted by molar-refractivity contribution is -0.156. The molecular formula is C16H14ClF3N4O8S2. The highest BCUT2D eigenvalue weighted by Gasteiger charge is 2.56. The molecule has 2 unspecified atom stereocenters. The normalized spacial score (nSPS) is 21.1. The SMILES string of the molecule is CON=C(C(=O)NC1C(=O)N2C(C(=O)O)=C(OS(=O)(=O)C(F)(F)F)CCC12)c1nc(C)sc1Cl. The number of rotatable bonds is 7. The second kappa shape index (κ2) is 9.03. The molecular weight excluding hydrogens is 533 g/mol. The van der Waals surface area contributed by atoms with E-state index in [4.69, 9.17) is 11.6 Å². The number of carboxylic acids is 1. The number of carbonyl (C=O) groups excluding carboxylic acids is 2. The molecule has 0 radical (unpaired) electrons. The number of oxime groups is 1. The maximum atomic E-state index is 12.8. The molecule has 0 spiro atoms. The molecule has 3 rings (SSSR count). The van der Waals surface area contributed by atoms with Gasteiger partial charge in [-0.3, -0.25) is 14.5 Å². The van der Waals surface area contributed by atoms with E-state index in [-0.39, 0.29) is 22.2 Å². The van der Waals surface area contributed by atoms with Gasteiger partial charge < -0.3 is 19.4 Å². The molecule has 18 heteroatoms. The number of carboxylic acid groups (broad SMARTS) is 1. The van der Waals surface area contributed by atoms with Crippen molar-refractivity contribution in [3.8, 4) is 0 Å². The number of fused-ring (bicyclic) bond motifs is 1. The summed E-state index contributed by atoms with van der Waals surface area (Å²) < 4.78 is 64.7. The van der Waals surface area contributed by atoms with Gasteiger partial charge in [0.1, 0.15) is 23.2 Å². The summed E-state index contributed by atoms with van der Waals surface area (Å²) in [5, 5.41) is 15.8. The van der Waals surface area contributed by atoms with Crippen molar-refractivity contribution >= 4 is 56.6 Å². The highest BCUT2D eigenvalue weighted by Crippen LogP contribution is 2.39. The third-order valence-electron chi connectivity index (χ3n) is 4.69. The van der Waals surface area contributed by atoms with Gasteiger partial charge in [-0.1, -0.05) is 16.8 Å². The van der Waals surface area contributed by atoms with Crippen LogP contribution in [0, 0.1) is 6.92 Å². The Morgan fingerprint density at radius 3 is 2.53 bits per heavy atom. The molecule has 1 aromatic rings. The summed E-state index contributed by atoms with van der Waals surface area (Å²) in [6.45, 7) is 1.62. The molecule has 1 saturated heterocycles. The number of aliphatic carboxylic acids is 1. The van der Waals surface area contributed by atoms with Gasteiger partial charge in [0, 0.05) is 6.42 Å². The summed E-state index contributed by atoms with van der Waals surface area (Å²) in [5.41, 5.74) is -7.26. The van der Waals surface area contributed by atoms with Gasteiger partial charge in [0.25, 0.3) is 11.8 Å². The zero-order valence-electron chi connectivity index (χ0n) is 17.0. The predicted molar refractivity (Wildman–Crippen MR) is 108 cm³/mol. The summed E-state index contributed by atoms with van der Waals surface area (Å²) in [4.78, 5) is 46.3. The smallest absolute Gasteiger partial charge is 0.476 e. The van der Waals surface area contributed by atoms with E-state index in [1.165, 1.54) is 0 Å². The highest BCUT2D eigenvalue weighted by atomic mass is 35.5. The van der Waals surface area contributed by atoms with Gasteiger partial charge >= 0.3 is 21.6 Å². The molecule has 2 aliphatic heterocycles. The van der Waals surface area contributed by atoms with Crippen molar-refractivity contribution in [1.82, 2.24) is 15.2 Å². The van der Waals surface area contributed by atoms with E-state index in [0.29, 0.717) is 9.91 Å². The van der Waals surface area contributed by atoms with E-state index in [1.807, 2.05) is 0 Å². The Bertz CT molecular complexity index is 1230. The van der Waals surface area contributed by atoms with E-state index in [2.05, 4.69) is 24.5 Å². The lowest BCUT2D eigenvalue weighted by atomic mass is 9.85. The molecule has 0 saturated carbocycles. The number of nitrogens with zero attached hydrogens (tertiary/aromatic N) is 3. The Kier molecular flexibility index (Phi) is 6.82. The number of alkyl halides is 3. The molecule has 1 aromatic heterocycles. The van der Waals surface area contributed by atoms with Crippen molar-refractivity contribution in [1.29, 1.82) is 0 Å². The number of β-lactam (4-membered cyclic amide) rings is 1. The maximum absolute atomic E-state index is 12.8. The van der Waals surface area contributed by atoms with Crippen LogP contribution in [0.2, 0.25) is 4.34 Å². The van der Waals surface area contributed by atoms with Crippen molar-refractivity contribution < 1.29 is 50.1 Å². The number of halogens is 4. The summed E-state index contributed by atoms with van der Waals surface area (Å²) >= 11 is 7.10. The van der Waals surface area contributed by atoms with Gasteiger partial charge in [-0.05, 0) is 13.3 Å².